The molecule has 1 saturated heterocycles. The van der Waals surface area contributed by atoms with Crippen molar-refractivity contribution in [3.05, 3.63) is 12.7 Å². The molecule has 0 spiro atoms. The highest BCUT2D eigenvalue weighted by molar-refractivity contribution is 5.76. The third kappa shape index (κ3) is 3.47. The predicted octanol–water partition coefficient (Wildman–Crippen LogP) is 1.41. The largest absolute Gasteiger partial charge is 0.481 e. The summed E-state index contributed by atoms with van der Waals surface area (Å²) in [5, 5.41) is 8.97. The number of carbonyl (C=O) groups is 2. The van der Waals surface area contributed by atoms with Gasteiger partial charge in [-0.05, 0) is 19.8 Å². The van der Waals surface area contributed by atoms with Crippen LogP contribution in [0.15, 0.2) is 12.7 Å². The van der Waals surface area contributed by atoms with Gasteiger partial charge in [-0.2, -0.15) is 0 Å². The van der Waals surface area contributed by atoms with Crippen LogP contribution in [0.2, 0.25) is 0 Å². The van der Waals surface area contributed by atoms with Crippen molar-refractivity contribution in [3.8, 4) is 0 Å². The van der Waals surface area contributed by atoms with Crippen LogP contribution in [0.1, 0.15) is 19.8 Å². The molecule has 1 fully saturated rings. The number of carboxylic acid groups (broad SMARTS) is 1. The number of amides is 2. The Morgan fingerprint density at radius 1 is 1.59 bits per heavy atom. The normalized spacial score (nSPS) is 19.8. The van der Waals surface area contributed by atoms with Crippen LogP contribution in [0, 0.1) is 5.92 Å². The lowest BCUT2D eigenvalue weighted by Crippen LogP contribution is -2.48. The number of carbonyl (C=O) groups excluding carboxylic acids is 1. The van der Waals surface area contributed by atoms with Gasteiger partial charge in [0, 0.05) is 26.2 Å². The van der Waals surface area contributed by atoms with Crippen LogP contribution in [-0.2, 0) is 4.79 Å². The quantitative estimate of drug-likeness (QED) is 0.756. The van der Waals surface area contributed by atoms with Crippen molar-refractivity contribution < 1.29 is 14.7 Å². The van der Waals surface area contributed by atoms with E-state index in [2.05, 4.69) is 6.58 Å². The van der Waals surface area contributed by atoms with Crippen LogP contribution in [0.5, 0.6) is 0 Å². The Kier molecular flexibility index (Phi) is 5.00. The minimum Gasteiger partial charge on any atom is -0.481 e. The summed E-state index contributed by atoms with van der Waals surface area (Å²) < 4.78 is 0. The van der Waals surface area contributed by atoms with E-state index in [1.54, 1.807) is 15.9 Å². The van der Waals surface area contributed by atoms with Crippen molar-refractivity contribution in [2.45, 2.75) is 19.8 Å². The van der Waals surface area contributed by atoms with E-state index < -0.39 is 11.9 Å². The average Bonchev–Trinajstić information content (AvgIpc) is 2.35. The minimum absolute atomic E-state index is 0.0849. The molecule has 0 aliphatic carbocycles. The molecule has 5 nitrogen and oxygen atoms in total. The fourth-order valence-electron chi connectivity index (χ4n) is 2.05. The molecular weight excluding hydrogens is 220 g/mol. The molecule has 2 amide bonds. The van der Waals surface area contributed by atoms with E-state index in [1.807, 2.05) is 6.92 Å². The Hall–Kier alpha value is -1.52. The van der Waals surface area contributed by atoms with Crippen LogP contribution < -0.4 is 0 Å². The molecule has 1 aliphatic heterocycles. The molecule has 0 unspecified atom stereocenters. The number of likely N-dealkylation sites (tertiary alicyclic amines) is 1. The Labute approximate surface area is 102 Å². The van der Waals surface area contributed by atoms with Gasteiger partial charge in [0.2, 0.25) is 0 Å². The maximum atomic E-state index is 12.1. The van der Waals surface area contributed by atoms with E-state index in [1.165, 1.54) is 0 Å². The first-order chi connectivity index (χ1) is 8.10. The maximum absolute atomic E-state index is 12.1. The standard InChI is InChI=1S/C12H20N2O3/c1-3-7-13(4-2)12(17)14-8-5-6-10(9-14)11(15)16/h3,10H,1,4-9H2,2H3,(H,15,16)/t10-/m1/s1. The second-order valence-electron chi connectivity index (χ2n) is 4.23. The van der Waals surface area contributed by atoms with Crippen LogP contribution in [0.3, 0.4) is 0 Å². The third-order valence-electron chi connectivity index (χ3n) is 3.04. The van der Waals surface area contributed by atoms with Gasteiger partial charge in [0.25, 0.3) is 0 Å². The first-order valence-electron chi connectivity index (χ1n) is 5.97. The maximum Gasteiger partial charge on any atom is 0.320 e. The molecule has 0 saturated carbocycles. The van der Waals surface area contributed by atoms with Crippen LogP contribution in [-0.4, -0.2) is 53.1 Å². The number of carboxylic acids is 1. The topological polar surface area (TPSA) is 60.9 Å². The summed E-state index contributed by atoms with van der Waals surface area (Å²) >= 11 is 0. The molecule has 1 N–H and O–H groups in total. The summed E-state index contributed by atoms with van der Waals surface area (Å²) in [6.07, 6.45) is 3.10. The lowest BCUT2D eigenvalue weighted by molar-refractivity contribution is -0.143. The molecule has 1 aliphatic rings. The Balaban J connectivity index is 2.61. The summed E-state index contributed by atoms with van der Waals surface area (Å²) in [7, 11) is 0. The fraction of sp³-hybridized carbons (Fsp3) is 0.667. The van der Waals surface area contributed by atoms with Crippen molar-refractivity contribution in [2.75, 3.05) is 26.2 Å². The zero-order valence-electron chi connectivity index (χ0n) is 10.3. The molecule has 0 aromatic rings. The summed E-state index contributed by atoms with van der Waals surface area (Å²) in [4.78, 5) is 26.3. The van der Waals surface area contributed by atoms with Crippen molar-refractivity contribution in [2.24, 2.45) is 5.92 Å². The highest BCUT2D eigenvalue weighted by atomic mass is 16.4. The van der Waals surface area contributed by atoms with E-state index >= 15 is 0 Å². The molecule has 0 bridgehead atoms. The van der Waals surface area contributed by atoms with Gasteiger partial charge >= 0.3 is 12.0 Å². The lowest BCUT2D eigenvalue weighted by Gasteiger charge is -2.34. The second-order valence-corrected chi connectivity index (χ2v) is 4.23. The van der Waals surface area contributed by atoms with Crippen LogP contribution in [0.25, 0.3) is 0 Å². The highest BCUT2D eigenvalue weighted by Crippen LogP contribution is 2.17. The van der Waals surface area contributed by atoms with Gasteiger partial charge in [-0.25, -0.2) is 4.79 Å². The predicted molar refractivity (Wildman–Crippen MR) is 64.8 cm³/mol. The van der Waals surface area contributed by atoms with Gasteiger partial charge in [-0.15, -0.1) is 6.58 Å². The van der Waals surface area contributed by atoms with Crippen molar-refractivity contribution in [3.63, 3.8) is 0 Å². The van der Waals surface area contributed by atoms with E-state index in [0.29, 0.717) is 32.6 Å². The lowest BCUT2D eigenvalue weighted by atomic mass is 9.99. The van der Waals surface area contributed by atoms with E-state index in [-0.39, 0.29) is 6.03 Å². The second kappa shape index (κ2) is 6.27. The first kappa shape index (κ1) is 13.5. The van der Waals surface area contributed by atoms with Gasteiger partial charge in [0.1, 0.15) is 0 Å². The molecule has 0 radical (unpaired) electrons. The van der Waals surface area contributed by atoms with E-state index in [0.717, 1.165) is 6.42 Å². The molecule has 5 heteroatoms. The minimum atomic E-state index is -0.811. The first-order valence-corrected chi connectivity index (χ1v) is 5.97. The van der Waals surface area contributed by atoms with E-state index in [9.17, 15) is 9.59 Å². The van der Waals surface area contributed by atoms with Crippen molar-refractivity contribution >= 4 is 12.0 Å². The number of aliphatic carboxylic acids is 1. The van der Waals surface area contributed by atoms with Crippen LogP contribution >= 0.6 is 0 Å². The monoisotopic (exact) mass is 240 g/mol. The average molecular weight is 240 g/mol. The third-order valence-corrected chi connectivity index (χ3v) is 3.04. The van der Waals surface area contributed by atoms with Gasteiger partial charge in [0.05, 0.1) is 5.92 Å². The summed E-state index contributed by atoms with van der Waals surface area (Å²) in [5.74, 6) is -1.23. The fourth-order valence-corrected chi connectivity index (χ4v) is 2.05. The van der Waals surface area contributed by atoms with Gasteiger partial charge in [-0.1, -0.05) is 6.08 Å². The molecule has 1 atom stereocenters. The molecule has 96 valence electrons. The SMILES string of the molecule is C=CCN(CC)C(=O)N1CCC[C@@H](C(=O)O)C1. The number of likely N-dealkylation sites (N-methyl/N-ethyl adjacent to an activating group) is 1. The van der Waals surface area contributed by atoms with Gasteiger partial charge in [0.15, 0.2) is 0 Å². The molecular formula is C12H20N2O3. The van der Waals surface area contributed by atoms with Gasteiger partial charge < -0.3 is 14.9 Å². The zero-order valence-corrected chi connectivity index (χ0v) is 10.3. The zero-order chi connectivity index (χ0) is 12.8. The molecule has 1 rings (SSSR count). The van der Waals surface area contributed by atoms with Gasteiger partial charge in [-0.3, -0.25) is 4.79 Å². The number of hydrogen-bond donors (Lipinski definition) is 1. The molecule has 1 heterocycles. The smallest absolute Gasteiger partial charge is 0.320 e. The Morgan fingerprint density at radius 2 is 2.29 bits per heavy atom. The van der Waals surface area contributed by atoms with Crippen molar-refractivity contribution in [1.29, 1.82) is 0 Å². The number of nitrogens with zero attached hydrogens (tertiary/aromatic N) is 2. The number of urea groups is 1. The summed E-state index contributed by atoms with van der Waals surface area (Å²) in [5.41, 5.74) is 0. The molecule has 0 aromatic carbocycles. The Bertz CT molecular complexity index is 304. The number of rotatable bonds is 4. The van der Waals surface area contributed by atoms with Crippen LogP contribution in [0.4, 0.5) is 4.79 Å². The molecule has 0 aromatic heterocycles. The summed E-state index contributed by atoms with van der Waals surface area (Å²) in [6.45, 7) is 7.60. The van der Waals surface area contributed by atoms with E-state index in [4.69, 9.17) is 5.11 Å². The summed E-state index contributed by atoms with van der Waals surface area (Å²) in [6, 6.07) is -0.0849. The number of hydrogen-bond acceptors (Lipinski definition) is 2. The molecule has 17 heavy (non-hydrogen) atoms. The number of piperidine rings is 1. The highest BCUT2D eigenvalue weighted by Gasteiger charge is 2.29. The van der Waals surface area contributed by atoms with Crippen molar-refractivity contribution in [1.82, 2.24) is 9.80 Å². The Morgan fingerprint density at radius 3 is 2.82 bits per heavy atom.